The molecule has 0 saturated heterocycles. The summed E-state index contributed by atoms with van der Waals surface area (Å²) in [5.74, 6) is -0.517. The van der Waals surface area contributed by atoms with Crippen molar-refractivity contribution in [3.05, 3.63) is 18.0 Å². The lowest BCUT2D eigenvalue weighted by molar-refractivity contribution is -0.149. The molecule has 0 bridgehead atoms. The van der Waals surface area contributed by atoms with E-state index in [-0.39, 0.29) is 13.2 Å². The Bertz CT molecular complexity index is 455. The van der Waals surface area contributed by atoms with E-state index >= 15 is 0 Å². The van der Waals surface area contributed by atoms with Crippen LogP contribution in [0.3, 0.4) is 0 Å². The fourth-order valence-corrected chi connectivity index (χ4v) is 1.64. The van der Waals surface area contributed by atoms with Crippen molar-refractivity contribution >= 4 is 5.97 Å². The van der Waals surface area contributed by atoms with E-state index in [2.05, 4.69) is 5.10 Å². The van der Waals surface area contributed by atoms with Crippen LogP contribution < -0.4 is 5.73 Å². The van der Waals surface area contributed by atoms with Crippen molar-refractivity contribution in [3.63, 3.8) is 0 Å². The van der Waals surface area contributed by atoms with Gasteiger partial charge >= 0.3 is 12.1 Å². The Balaban J connectivity index is 2.48. The number of alkyl halides is 3. The zero-order chi connectivity index (χ0) is 15.4. The van der Waals surface area contributed by atoms with Crippen molar-refractivity contribution in [1.29, 1.82) is 0 Å². The summed E-state index contributed by atoms with van der Waals surface area (Å²) < 4.78 is 43.0. The highest BCUT2D eigenvalue weighted by Crippen LogP contribution is 2.27. The maximum atomic E-state index is 12.3. The van der Waals surface area contributed by atoms with Gasteiger partial charge in [-0.3, -0.25) is 9.48 Å². The Morgan fingerprint density at radius 3 is 2.65 bits per heavy atom. The van der Waals surface area contributed by atoms with Gasteiger partial charge in [0.05, 0.1) is 6.61 Å². The molecule has 0 spiro atoms. The number of aryl methyl sites for hydroxylation is 1. The minimum Gasteiger partial charge on any atom is -0.465 e. The molecule has 1 unspecified atom stereocenters. The van der Waals surface area contributed by atoms with E-state index in [1.54, 1.807) is 6.92 Å². The molecule has 0 aliphatic carbocycles. The Kier molecular flexibility index (Phi) is 5.15. The number of hydrogen-bond acceptors (Lipinski definition) is 4. The minimum absolute atomic E-state index is 0.236. The first-order chi connectivity index (χ1) is 9.16. The van der Waals surface area contributed by atoms with Crippen LogP contribution in [0.5, 0.6) is 0 Å². The Morgan fingerprint density at radius 2 is 2.15 bits per heavy atom. The van der Waals surface area contributed by atoms with Crippen LogP contribution in [0.25, 0.3) is 0 Å². The molecule has 0 fully saturated rings. The van der Waals surface area contributed by atoms with Crippen molar-refractivity contribution in [2.45, 2.75) is 44.9 Å². The van der Waals surface area contributed by atoms with Gasteiger partial charge in [0.15, 0.2) is 5.69 Å². The van der Waals surface area contributed by atoms with Crippen LogP contribution in [0.1, 0.15) is 32.4 Å². The smallest absolute Gasteiger partial charge is 0.435 e. The van der Waals surface area contributed by atoms with Gasteiger partial charge in [-0.25, -0.2) is 0 Å². The molecule has 1 aromatic rings. The van der Waals surface area contributed by atoms with Gasteiger partial charge in [-0.05, 0) is 32.8 Å². The number of esters is 1. The van der Waals surface area contributed by atoms with Crippen molar-refractivity contribution in [2.75, 3.05) is 6.61 Å². The highest BCUT2D eigenvalue weighted by atomic mass is 19.4. The summed E-state index contributed by atoms with van der Waals surface area (Å²) in [6.07, 6.45) is -2.47. The lowest BCUT2D eigenvalue weighted by Gasteiger charge is -2.21. The summed E-state index contributed by atoms with van der Waals surface area (Å²) in [4.78, 5) is 11.5. The second kappa shape index (κ2) is 6.25. The molecule has 0 aliphatic rings. The third kappa shape index (κ3) is 4.52. The van der Waals surface area contributed by atoms with Crippen molar-refractivity contribution in [1.82, 2.24) is 9.78 Å². The van der Waals surface area contributed by atoms with E-state index in [4.69, 9.17) is 10.5 Å². The largest absolute Gasteiger partial charge is 0.465 e. The van der Waals surface area contributed by atoms with Gasteiger partial charge in [0, 0.05) is 12.7 Å². The number of ether oxygens (including phenoxy) is 1. The third-order valence-corrected chi connectivity index (χ3v) is 2.76. The second-order valence-electron chi connectivity index (χ2n) is 4.70. The molecule has 0 aromatic carbocycles. The number of carbonyl (C=O) groups excluding carboxylic acids is 1. The molecule has 114 valence electrons. The van der Waals surface area contributed by atoms with Crippen LogP contribution in [0.4, 0.5) is 13.2 Å². The van der Waals surface area contributed by atoms with Crippen LogP contribution in [0.15, 0.2) is 12.3 Å². The van der Waals surface area contributed by atoms with Gasteiger partial charge in [0.1, 0.15) is 5.54 Å². The molecule has 1 atom stereocenters. The molecule has 5 nitrogen and oxygen atoms in total. The Morgan fingerprint density at radius 1 is 1.50 bits per heavy atom. The highest BCUT2D eigenvalue weighted by molar-refractivity contribution is 5.79. The monoisotopic (exact) mass is 293 g/mol. The Hall–Kier alpha value is -1.57. The Labute approximate surface area is 114 Å². The molecule has 0 saturated carbocycles. The zero-order valence-corrected chi connectivity index (χ0v) is 11.4. The summed E-state index contributed by atoms with van der Waals surface area (Å²) in [7, 11) is 0. The molecule has 0 radical (unpaired) electrons. The number of carbonyl (C=O) groups is 1. The van der Waals surface area contributed by atoms with Gasteiger partial charge in [0.2, 0.25) is 0 Å². The van der Waals surface area contributed by atoms with Gasteiger partial charge < -0.3 is 10.5 Å². The zero-order valence-electron chi connectivity index (χ0n) is 11.4. The SMILES string of the molecule is CCOC(=O)C(C)(N)CCCn1ccc(C(F)(F)F)n1. The lowest BCUT2D eigenvalue weighted by Crippen LogP contribution is -2.46. The van der Waals surface area contributed by atoms with E-state index in [9.17, 15) is 18.0 Å². The van der Waals surface area contributed by atoms with Gasteiger partial charge in [-0.2, -0.15) is 18.3 Å². The third-order valence-electron chi connectivity index (χ3n) is 2.76. The second-order valence-corrected chi connectivity index (χ2v) is 4.70. The number of rotatable bonds is 6. The van der Waals surface area contributed by atoms with Crippen LogP contribution in [0.2, 0.25) is 0 Å². The number of halogens is 3. The van der Waals surface area contributed by atoms with Gasteiger partial charge in [-0.1, -0.05) is 0 Å². The van der Waals surface area contributed by atoms with Gasteiger partial charge in [-0.15, -0.1) is 0 Å². The molecule has 2 N–H and O–H groups in total. The first kappa shape index (κ1) is 16.5. The fourth-order valence-electron chi connectivity index (χ4n) is 1.64. The normalized spacial score (nSPS) is 14.9. The average Bonchev–Trinajstić information content (AvgIpc) is 2.77. The summed E-state index contributed by atoms with van der Waals surface area (Å²) >= 11 is 0. The maximum absolute atomic E-state index is 12.3. The van der Waals surface area contributed by atoms with E-state index in [0.717, 1.165) is 6.07 Å². The topological polar surface area (TPSA) is 70.1 Å². The molecule has 0 amide bonds. The molecular weight excluding hydrogens is 275 g/mol. The maximum Gasteiger partial charge on any atom is 0.435 e. The average molecular weight is 293 g/mol. The van der Waals surface area contributed by atoms with Gasteiger partial charge in [0.25, 0.3) is 0 Å². The minimum atomic E-state index is -4.45. The highest BCUT2D eigenvalue weighted by Gasteiger charge is 2.33. The predicted octanol–water partition coefficient (Wildman–Crippen LogP) is 1.96. The molecular formula is C12H18F3N3O2. The van der Waals surface area contributed by atoms with Crippen LogP contribution in [-0.4, -0.2) is 27.9 Å². The quantitative estimate of drug-likeness (QED) is 0.814. The van der Waals surface area contributed by atoms with E-state index in [1.807, 2.05) is 0 Å². The van der Waals surface area contributed by atoms with Crippen LogP contribution in [-0.2, 0) is 22.3 Å². The molecule has 1 heterocycles. The van der Waals surface area contributed by atoms with Crippen LogP contribution in [0, 0.1) is 0 Å². The first-order valence-electron chi connectivity index (χ1n) is 6.23. The predicted molar refractivity (Wildman–Crippen MR) is 65.7 cm³/mol. The van der Waals surface area contributed by atoms with Crippen molar-refractivity contribution in [3.8, 4) is 0 Å². The molecule has 20 heavy (non-hydrogen) atoms. The first-order valence-corrected chi connectivity index (χ1v) is 6.23. The molecule has 8 heteroatoms. The molecule has 0 aliphatic heterocycles. The van der Waals surface area contributed by atoms with Crippen molar-refractivity contribution in [2.24, 2.45) is 5.73 Å². The summed E-state index contributed by atoms with van der Waals surface area (Å²) in [5.41, 5.74) is 3.73. The fraction of sp³-hybridized carbons (Fsp3) is 0.667. The number of hydrogen-bond donors (Lipinski definition) is 1. The number of aromatic nitrogens is 2. The molecule has 1 aromatic heterocycles. The van der Waals surface area contributed by atoms with Crippen molar-refractivity contribution < 1.29 is 22.7 Å². The van der Waals surface area contributed by atoms with Crippen LogP contribution >= 0.6 is 0 Å². The summed E-state index contributed by atoms with van der Waals surface area (Å²) in [5, 5.41) is 3.42. The molecule has 1 rings (SSSR count). The van der Waals surface area contributed by atoms with E-state index in [0.29, 0.717) is 12.8 Å². The number of nitrogens with zero attached hydrogens (tertiary/aromatic N) is 2. The summed E-state index contributed by atoms with van der Waals surface area (Å²) in [6.45, 7) is 3.70. The van der Waals surface area contributed by atoms with E-state index < -0.39 is 23.4 Å². The van der Waals surface area contributed by atoms with E-state index in [1.165, 1.54) is 17.8 Å². The standard InChI is InChI=1S/C12H18F3N3O2/c1-3-20-10(19)11(2,16)6-4-7-18-8-5-9(17-18)12(13,14)15/h5,8H,3-4,6-7,16H2,1-2H3. The lowest BCUT2D eigenvalue weighted by atomic mass is 9.97. The number of nitrogens with two attached hydrogens (primary N) is 1. The summed E-state index contributed by atoms with van der Waals surface area (Å²) in [6, 6.07) is 0.910.